The molecule has 0 spiro atoms. The van der Waals surface area contributed by atoms with E-state index in [0.29, 0.717) is 18.8 Å². The van der Waals surface area contributed by atoms with Gasteiger partial charge >= 0.3 is 0 Å². The smallest absolute Gasteiger partial charge is 0.273 e. The molecule has 9 nitrogen and oxygen atoms in total. The summed E-state index contributed by atoms with van der Waals surface area (Å²) in [5.41, 5.74) is -0.451. The first-order valence-electron chi connectivity index (χ1n) is 12.5. The summed E-state index contributed by atoms with van der Waals surface area (Å²) >= 11 is 0. The summed E-state index contributed by atoms with van der Waals surface area (Å²) in [5, 5.41) is 10.5. The second-order valence-corrected chi connectivity index (χ2v) is 9.39. The highest BCUT2D eigenvalue weighted by Gasteiger charge is 2.48. The van der Waals surface area contributed by atoms with E-state index in [1.54, 1.807) is 11.0 Å². The summed E-state index contributed by atoms with van der Waals surface area (Å²) in [6.07, 6.45) is 5.80. The van der Waals surface area contributed by atoms with Gasteiger partial charge in [0.2, 0.25) is 5.91 Å². The first kappa shape index (κ1) is 25.2. The van der Waals surface area contributed by atoms with Gasteiger partial charge in [-0.15, -0.1) is 0 Å². The Hall–Kier alpha value is -2.42. The van der Waals surface area contributed by atoms with Crippen molar-refractivity contribution in [2.24, 2.45) is 0 Å². The molecule has 0 unspecified atom stereocenters. The fourth-order valence-electron chi connectivity index (χ4n) is 4.87. The van der Waals surface area contributed by atoms with Crippen LogP contribution < -0.4 is 10.6 Å². The molecule has 1 aliphatic carbocycles. The fraction of sp³-hybridized carbons (Fsp3) is 0.750. The van der Waals surface area contributed by atoms with Gasteiger partial charge in [0, 0.05) is 25.2 Å². The first-order chi connectivity index (χ1) is 15.8. The van der Waals surface area contributed by atoms with Crippen molar-refractivity contribution in [2.45, 2.75) is 84.3 Å². The third-order valence-electron chi connectivity index (χ3n) is 6.99. The van der Waals surface area contributed by atoms with Crippen LogP contribution in [0.15, 0.2) is 6.07 Å². The molecule has 1 saturated carbocycles. The van der Waals surface area contributed by atoms with Crippen molar-refractivity contribution in [3.8, 4) is 0 Å². The predicted octanol–water partition coefficient (Wildman–Crippen LogP) is 2.03. The number of hydrogen-bond acceptors (Lipinski definition) is 5. The van der Waals surface area contributed by atoms with Gasteiger partial charge in [0.05, 0.1) is 6.54 Å². The third-order valence-corrected chi connectivity index (χ3v) is 6.99. The van der Waals surface area contributed by atoms with Crippen LogP contribution >= 0.6 is 0 Å². The van der Waals surface area contributed by atoms with E-state index >= 15 is 0 Å². The maximum atomic E-state index is 13.3. The molecule has 1 fully saturated rings. The molecule has 33 heavy (non-hydrogen) atoms. The monoisotopic (exact) mass is 460 g/mol. The van der Waals surface area contributed by atoms with E-state index in [2.05, 4.69) is 34.5 Å². The van der Waals surface area contributed by atoms with E-state index in [-0.39, 0.29) is 36.0 Å². The molecule has 0 aromatic carbocycles. The van der Waals surface area contributed by atoms with Gasteiger partial charge in [0.15, 0.2) is 5.69 Å². The van der Waals surface area contributed by atoms with E-state index in [4.69, 9.17) is 0 Å². The summed E-state index contributed by atoms with van der Waals surface area (Å²) in [6, 6.07) is 1.73. The molecule has 1 aromatic heterocycles. The zero-order valence-corrected chi connectivity index (χ0v) is 20.7. The zero-order valence-electron chi connectivity index (χ0n) is 20.7. The average Bonchev–Trinajstić information content (AvgIpc) is 3.46. The summed E-state index contributed by atoms with van der Waals surface area (Å²) in [6.45, 7) is 12.2. The number of nitrogens with zero attached hydrogens (tertiary/aromatic N) is 4. The van der Waals surface area contributed by atoms with Crippen molar-refractivity contribution >= 4 is 17.7 Å². The minimum Gasteiger partial charge on any atom is -0.351 e. The van der Waals surface area contributed by atoms with Gasteiger partial charge in [-0.3, -0.25) is 19.1 Å². The number of carbonyl (C=O) groups excluding carboxylic acids is 3. The Bertz CT molecular complexity index is 843. The number of rotatable bonds is 11. The Morgan fingerprint density at radius 2 is 1.91 bits per heavy atom. The van der Waals surface area contributed by atoms with Crippen LogP contribution in [0.2, 0.25) is 0 Å². The average molecular weight is 461 g/mol. The molecule has 3 rings (SSSR count). The molecular formula is C24H40N6O3. The normalized spacial score (nSPS) is 20.9. The van der Waals surface area contributed by atoms with Crippen LogP contribution in [0.5, 0.6) is 0 Å². The second-order valence-electron chi connectivity index (χ2n) is 9.39. The number of carbonyl (C=O) groups is 3. The quantitative estimate of drug-likeness (QED) is 0.492. The van der Waals surface area contributed by atoms with Gasteiger partial charge in [-0.05, 0) is 52.2 Å². The van der Waals surface area contributed by atoms with Gasteiger partial charge in [-0.25, -0.2) is 0 Å². The standard InChI is InChI=1S/C24H40N6O3/c1-5-14-29-22(32)20-16-19(21(31)25-13-10-15-28(6-2)7-3)27-30(20)17-24(29,4)23(33)26-18-11-8-9-12-18/h16,18H,5-15,17H2,1-4H3,(H,25,31)(H,26,33)/t24-/m1/s1. The van der Waals surface area contributed by atoms with Crippen molar-refractivity contribution in [3.63, 3.8) is 0 Å². The van der Waals surface area contributed by atoms with Gasteiger partial charge < -0.3 is 20.4 Å². The lowest BCUT2D eigenvalue weighted by Gasteiger charge is -2.43. The Kier molecular flexibility index (Phi) is 8.51. The summed E-state index contributed by atoms with van der Waals surface area (Å²) in [5.74, 6) is -0.677. The van der Waals surface area contributed by atoms with Crippen molar-refractivity contribution < 1.29 is 14.4 Å². The van der Waals surface area contributed by atoms with Crippen molar-refractivity contribution in [2.75, 3.05) is 32.7 Å². The van der Waals surface area contributed by atoms with Gasteiger partial charge in [-0.1, -0.05) is 33.6 Å². The van der Waals surface area contributed by atoms with E-state index in [9.17, 15) is 14.4 Å². The SMILES string of the molecule is CCCN1C(=O)c2cc(C(=O)NCCCN(CC)CC)nn2C[C@]1(C)C(=O)NC1CCCC1. The van der Waals surface area contributed by atoms with Crippen LogP contribution in [0.25, 0.3) is 0 Å². The predicted molar refractivity (Wildman–Crippen MR) is 127 cm³/mol. The van der Waals surface area contributed by atoms with Gasteiger partial charge in [0.25, 0.3) is 11.8 Å². The molecule has 1 atom stereocenters. The van der Waals surface area contributed by atoms with Crippen LogP contribution in [-0.4, -0.2) is 81.6 Å². The Balaban J connectivity index is 1.71. The topological polar surface area (TPSA) is 99.6 Å². The lowest BCUT2D eigenvalue weighted by atomic mass is 9.94. The minimum atomic E-state index is -1.04. The van der Waals surface area contributed by atoms with Crippen LogP contribution in [0.3, 0.4) is 0 Å². The summed E-state index contributed by atoms with van der Waals surface area (Å²) in [7, 11) is 0. The molecule has 1 aromatic rings. The van der Waals surface area contributed by atoms with Crippen molar-refractivity contribution in [3.05, 3.63) is 17.5 Å². The number of nitrogens with one attached hydrogen (secondary N) is 2. The molecule has 0 bridgehead atoms. The molecule has 2 heterocycles. The van der Waals surface area contributed by atoms with Gasteiger partial charge in [0.1, 0.15) is 11.2 Å². The molecular weight excluding hydrogens is 420 g/mol. The fourth-order valence-corrected chi connectivity index (χ4v) is 4.87. The van der Waals surface area contributed by atoms with Crippen molar-refractivity contribution in [1.29, 1.82) is 0 Å². The Morgan fingerprint density at radius 1 is 1.21 bits per heavy atom. The van der Waals surface area contributed by atoms with Gasteiger partial charge in [-0.2, -0.15) is 5.10 Å². The summed E-state index contributed by atoms with van der Waals surface area (Å²) in [4.78, 5) is 43.3. The van der Waals surface area contributed by atoms with E-state index in [1.807, 2.05) is 13.8 Å². The molecule has 1 aliphatic heterocycles. The highest BCUT2D eigenvalue weighted by Crippen LogP contribution is 2.29. The molecule has 3 amide bonds. The van der Waals surface area contributed by atoms with Crippen LogP contribution in [0.1, 0.15) is 87.2 Å². The van der Waals surface area contributed by atoms with E-state index in [0.717, 1.165) is 58.2 Å². The lowest BCUT2D eigenvalue weighted by Crippen LogP contribution is -2.65. The molecule has 9 heteroatoms. The maximum Gasteiger partial charge on any atom is 0.273 e. The minimum absolute atomic E-state index is 0.139. The zero-order chi connectivity index (χ0) is 24.0. The number of fused-ring (bicyclic) bond motifs is 1. The highest BCUT2D eigenvalue weighted by atomic mass is 16.2. The largest absolute Gasteiger partial charge is 0.351 e. The molecule has 0 radical (unpaired) electrons. The maximum absolute atomic E-state index is 13.3. The van der Waals surface area contributed by atoms with Crippen LogP contribution in [0.4, 0.5) is 0 Å². The Labute approximate surface area is 197 Å². The highest BCUT2D eigenvalue weighted by molar-refractivity contribution is 6.01. The van der Waals surface area contributed by atoms with E-state index in [1.165, 1.54) is 4.68 Å². The van der Waals surface area contributed by atoms with Crippen molar-refractivity contribution in [1.82, 2.24) is 30.2 Å². The lowest BCUT2D eigenvalue weighted by molar-refractivity contribution is -0.133. The molecule has 0 saturated heterocycles. The second kappa shape index (κ2) is 11.1. The first-order valence-corrected chi connectivity index (χ1v) is 12.5. The number of hydrogen-bond donors (Lipinski definition) is 2. The van der Waals surface area contributed by atoms with Crippen LogP contribution in [0, 0.1) is 0 Å². The summed E-state index contributed by atoms with van der Waals surface area (Å²) < 4.78 is 1.54. The molecule has 2 aliphatic rings. The number of aromatic nitrogens is 2. The Morgan fingerprint density at radius 3 is 2.55 bits per heavy atom. The number of amides is 3. The molecule has 2 N–H and O–H groups in total. The van der Waals surface area contributed by atoms with Crippen LogP contribution in [-0.2, 0) is 11.3 Å². The van der Waals surface area contributed by atoms with E-state index < -0.39 is 5.54 Å². The molecule has 184 valence electrons. The third kappa shape index (κ3) is 5.57.